The number of aromatic nitrogens is 4. The Morgan fingerprint density at radius 1 is 1.28 bits per heavy atom. The summed E-state index contributed by atoms with van der Waals surface area (Å²) < 4.78 is 11.2. The number of methoxy groups -OCH3 is 1. The molecule has 9 heteroatoms. The van der Waals surface area contributed by atoms with Crippen molar-refractivity contribution in [1.82, 2.24) is 25.1 Å². The first kappa shape index (κ1) is 19.2. The molecule has 3 heterocycles. The van der Waals surface area contributed by atoms with Gasteiger partial charge in [0.25, 0.3) is 5.91 Å². The second-order valence-electron chi connectivity index (χ2n) is 6.68. The molecule has 3 aromatic rings. The van der Waals surface area contributed by atoms with Gasteiger partial charge in [0.2, 0.25) is 0 Å². The van der Waals surface area contributed by atoms with Crippen LogP contribution in [0.3, 0.4) is 0 Å². The zero-order valence-electron chi connectivity index (χ0n) is 15.8. The van der Waals surface area contributed by atoms with E-state index in [9.17, 15) is 4.79 Å². The summed E-state index contributed by atoms with van der Waals surface area (Å²) >= 11 is 5.80. The minimum absolute atomic E-state index is 0.121. The number of nitrogens with one attached hydrogen (secondary N) is 1. The maximum absolute atomic E-state index is 13.0. The van der Waals surface area contributed by atoms with Gasteiger partial charge in [-0.1, -0.05) is 23.7 Å². The zero-order valence-corrected chi connectivity index (χ0v) is 16.6. The average molecular weight is 414 g/mol. The van der Waals surface area contributed by atoms with E-state index in [1.54, 1.807) is 18.1 Å². The molecule has 1 aliphatic rings. The molecule has 0 radical (unpaired) electrons. The molecule has 0 bridgehead atoms. The number of hydrogen-bond donors (Lipinski definition) is 1. The number of carbonyl (C=O) groups is 1. The molecule has 8 nitrogen and oxygen atoms in total. The van der Waals surface area contributed by atoms with Gasteiger partial charge in [0.05, 0.1) is 36.8 Å². The quantitative estimate of drug-likeness (QED) is 0.690. The highest BCUT2D eigenvalue weighted by Crippen LogP contribution is 2.28. The van der Waals surface area contributed by atoms with E-state index >= 15 is 0 Å². The fourth-order valence-electron chi connectivity index (χ4n) is 3.33. The summed E-state index contributed by atoms with van der Waals surface area (Å²) in [7, 11) is 1.61. The Bertz CT molecular complexity index is 992. The van der Waals surface area contributed by atoms with Crippen molar-refractivity contribution in [3.63, 3.8) is 0 Å². The lowest BCUT2D eigenvalue weighted by Gasteiger charge is -2.32. The van der Waals surface area contributed by atoms with E-state index in [2.05, 4.69) is 20.2 Å². The Balaban J connectivity index is 1.45. The van der Waals surface area contributed by atoms with E-state index < -0.39 is 0 Å². The highest BCUT2D eigenvalue weighted by atomic mass is 35.5. The SMILES string of the molecule is COc1ccccc1-c1cc(C(=O)N2CCCC(Oc3ncc(Cl)cn3)C2)[nH]n1. The van der Waals surface area contributed by atoms with E-state index in [0.29, 0.717) is 35.2 Å². The number of hydrogen-bond acceptors (Lipinski definition) is 6. The van der Waals surface area contributed by atoms with E-state index in [1.807, 2.05) is 24.3 Å². The smallest absolute Gasteiger partial charge is 0.316 e. The second kappa shape index (κ2) is 8.48. The van der Waals surface area contributed by atoms with Crippen molar-refractivity contribution in [2.45, 2.75) is 18.9 Å². The Morgan fingerprint density at radius 2 is 2.07 bits per heavy atom. The minimum atomic E-state index is -0.175. The lowest BCUT2D eigenvalue weighted by molar-refractivity contribution is 0.0510. The van der Waals surface area contributed by atoms with Gasteiger partial charge in [-0.3, -0.25) is 9.89 Å². The first-order chi connectivity index (χ1) is 14.1. The number of piperidine rings is 1. The third-order valence-electron chi connectivity index (χ3n) is 4.73. The summed E-state index contributed by atoms with van der Waals surface area (Å²) in [6.07, 6.45) is 4.45. The van der Waals surface area contributed by atoms with Crippen molar-refractivity contribution >= 4 is 17.5 Å². The largest absolute Gasteiger partial charge is 0.496 e. The van der Waals surface area contributed by atoms with Gasteiger partial charge in [0.1, 0.15) is 17.5 Å². The number of halogens is 1. The van der Waals surface area contributed by atoms with Crippen LogP contribution in [-0.2, 0) is 0 Å². The number of carbonyl (C=O) groups excluding carboxylic acids is 1. The Morgan fingerprint density at radius 3 is 2.86 bits per heavy atom. The Labute approximate surface area is 172 Å². The molecule has 1 fully saturated rings. The van der Waals surface area contributed by atoms with E-state index in [0.717, 1.165) is 18.4 Å². The molecule has 29 heavy (non-hydrogen) atoms. The van der Waals surface area contributed by atoms with Gasteiger partial charge in [-0.2, -0.15) is 5.10 Å². The number of ether oxygens (including phenoxy) is 2. The molecular formula is C20H20ClN5O3. The maximum atomic E-state index is 13.0. The molecule has 0 aliphatic carbocycles. The summed E-state index contributed by atoms with van der Waals surface area (Å²) in [5, 5.41) is 7.58. The van der Waals surface area contributed by atoms with Crippen molar-refractivity contribution in [2.24, 2.45) is 0 Å². The van der Waals surface area contributed by atoms with Crippen LogP contribution in [0.5, 0.6) is 11.8 Å². The average Bonchev–Trinajstić information content (AvgIpc) is 3.25. The fourth-order valence-corrected chi connectivity index (χ4v) is 3.42. The highest BCUT2D eigenvalue weighted by molar-refractivity contribution is 6.30. The molecule has 1 unspecified atom stereocenters. The van der Waals surface area contributed by atoms with Crippen molar-refractivity contribution < 1.29 is 14.3 Å². The number of likely N-dealkylation sites (tertiary alicyclic amines) is 1. The first-order valence-electron chi connectivity index (χ1n) is 9.26. The van der Waals surface area contributed by atoms with Gasteiger partial charge in [0.15, 0.2) is 0 Å². The molecule has 1 aromatic carbocycles. The standard InChI is InChI=1S/C20H20ClN5O3/c1-28-18-7-3-2-6-15(18)16-9-17(25-24-16)19(27)26-8-4-5-14(12-26)29-20-22-10-13(21)11-23-20/h2-3,6-7,9-11,14H,4-5,8,12H2,1H3,(H,24,25). The molecule has 1 saturated heterocycles. The Hall–Kier alpha value is -3.13. The number of benzene rings is 1. The van der Waals surface area contributed by atoms with Gasteiger partial charge in [0, 0.05) is 12.1 Å². The molecule has 1 aliphatic heterocycles. The minimum Gasteiger partial charge on any atom is -0.496 e. The van der Waals surface area contributed by atoms with Crippen LogP contribution >= 0.6 is 11.6 Å². The number of rotatable bonds is 5. The molecule has 1 atom stereocenters. The van der Waals surface area contributed by atoms with Gasteiger partial charge < -0.3 is 14.4 Å². The van der Waals surface area contributed by atoms with Crippen molar-refractivity contribution in [3.05, 3.63) is 53.4 Å². The van der Waals surface area contributed by atoms with E-state index in [-0.39, 0.29) is 18.0 Å². The van der Waals surface area contributed by atoms with Gasteiger partial charge >= 0.3 is 6.01 Å². The fraction of sp³-hybridized carbons (Fsp3) is 0.300. The van der Waals surface area contributed by atoms with Crippen LogP contribution in [0.1, 0.15) is 23.3 Å². The molecule has 2 aromatic heterocycles. The summed E-state index contributed by atoms with van der Waals surface area (Å²) in [6.45, 7) is 1.11. The molecule has 1 N–H and O–H groups in total. The van der Waals surface area contributed by atoms with E-state index in [1.165, 1.54) is 12.4 Å². The molecule has 0 saturated carbocycles. The predicted octanol–water partition coefficient (Wildman–Crippen LogP) is 3.21. The lowest BCUT2D eigenvalue weighted by Crippen LogP contribution is -2.44. The molecule has 0 spiro atoms. The number of amides is 1. The lowest BCUT2D eigenvalue weighted by atomic mass is 10.1. The maximum Gasteiger partial charge on any atom is 0.316 e. The number of nitrogens with zero attached hydrogens (tertiary/aromatic N) is 4. The molecular weight excluding hydrogens is 394 g/mol. The van der Waals surface area contributed by atoms with Crippen LogP contribution in [0.2, 0.25) is 5.02 Å². The van der Waals surface area contributed by atoms with Crippen LogP contribution < -0.4 is 9.47 Å². The van der Waals surface area contributed by atoms with Gasteiger partial charge in [-0.15, -0.1) is 0 Å². The highest BCUT2D eigenvalue weighted by Gasteiger charge is 2.27. The van der Waals surface area contributed by atoms with Crippen LogP contribution in [0, 0.1) is 0 Å². The Kier molecular flexibility index (Phi) is 5.62. The predicted molar refractivity (Wildman–Crippen MR) is 107 cm³/mol. The van der Waals surface area contributed by atoms with Crippen LogP contribution in [0.25, 0.3) is 11.3 Å². The normalized spacial score (nSPS) is 16.5. The summed E-state index contributed by atoms with van der Waals surface area (Å²) in [6, 6.07) is 9.55. The van der Waals surface area contributed by atoms with Crippen molar-refractivity contribution in [2.75, 3.05) is 20.2 Å². The third-order valence-corrected chi connectivity index (χ3v) is 4.92. The first-order valence-corrected chi connectivity index (χ1v) is 9.64. The van der Waals surface area contributed by atoms with Crippen LogP contribution in [-0.4, -0.2) is 57.3 Å². The summed E-state index contributed by atoms with van der Waals surface area (Å²) in [5.74, 6) is 0.580. The third kappa shape index (κ3) is 4.32. The molecule has 1 amide bonds. The number of H-pyrrole nitrogens is 1. The summed E-state index contributed by atoms with van der Waals surface area (Å²) in [4.78, 5) is 22.8. The topological polar surface area (TPSA) is 93.2 Å². The van der Waals surface area contributed by atoms with Crippen LogP contribution in [0.4, 0.5) is 0 Å². The monoisotopic (exact) mass is 413 g/mol. The van der Waals surface area contributed by atoms with Crippen LogP contribution in [0.15, 0.2) is 42.7 Å². The van der Waals surface area contributed by atoms with Gasteiger partial charge in [-0.25, -0.2) is 9.97 Å². The zero-order chi connectivity index (χ0) is 20.2. The number of aromatic amines is 1. The van der Waals surface area contributed by atoms with Gasteiger partial charge in [-0.05, 0) is 31.0 Å². The van der Waals surface area contributed by atoms with E-state index in [4.69, 9.17) is 21.1 Å². The second-order valence-corrected chi connectivity index (χ2v) is 7.12. The van der Waals surface area contributed by atoms with Crippen molar-refractivity contribution in [3.8, 4) is 23.0 Å². The van der Waals surface area contributed by atoms with Crippen molar-refractivity contribution in [1.29, 1.82) is 0 Å². The molecule has 150 valence electrons. The summed E-state index contributed by atoms with van der Waals surface area (Å²) in [5.41, 5.74) is 1.91. The number of para-hydroxylation sites is 1. The molecule has 4 rings (SSSR count).